The summed E-state index contributed by atoms with van der Waals surface area (Å²) in [6, 6.07) is 1.10. The molecule has 3 rings (SSSR count). The second-order valence-corrected chi connectivity index (χ2v) is 8.33. The summed E-state index contributed by atoms with van der Waals surface area (Å²) in [4.78, 5) is 27.2. The number of nitrogens with zero attached hydrogens (tertiary/aromatic N) is 2. The average molecular weight is 428 g/mol. The first-order chi connectivity index (χ1) is 13.7. The molecule has 3 N–H and O–H groups in total. The summed E-state index contributed by atoms with van der Waals surface area (Å²) in [6.45, 7) is 7.13. The van der Waals surface area contributed by atoms with Crippen molar-refractivity contribution in [2.24, 2.45) is 0 Å². The van der Waals surface area contributed by atoms with Crippen molar-refractivity contribution in [2.75, 3.05) is 26.2 Å². The van der Waals surface area contributed by atoms with Crippen LogP contribution in [0.5, 0.6) is 0 Å². The minimum absolute atomic E-state index is 0.250. The first-order valence-corrected chi connectivity index (χ1v) is 10.2. The van der Waals surface area contributed by atoms with Gasteiger partial charge in [-0.05, 0) is 38.8 Å². The Balaban J connectivity index is 0.000000941. The number of carbonyl (C=O) groups excluding carboxylic acids is 1. The molecule has 0 bridgehead atoms. The summed E-state index contributed by atoms with van der Waals surface area (Å²) < 4.78 is 6.20. The van der Waals surface area contributed by atoms with E-state index in [0.717, 1.165) is 38.9 Å². The molecular formula is C20H30ClN3O5. The van der Waals surface area contributed by atoms with Gasteiger partial charge in [0.1, 0.15) is 0 Å². The number of nitrogens with one attached hydrogen (secondary N) is 1. The van der Waals surface area contributed by atoms with E-state index in [2.05, 4.69) is 22.1 Å². The van der Waals surface area contributed by atoms with Crippen molar-refractivity contribution in [2.45, 2.75) is 56.8 Å². The molecule has 2 atom stereocenters. The molecule has 1 amide bonds. The van der Waals surface area contributed by atoms with Gasteiger partial charge in [-0.3, -0.25) is 14.6 Å². The van der Waals surface area contributed by atoms with Crippen molar-refractivity contribution in [3.63, 3.8) is 0 Å². The van der Waals surface area contributed by atoms with Gasteiger partial charge in [0, 0.05) is 31.9 Å². The Morgan fingerprint density at radius 2 is 2.10 bits per heavy atom. The molecule has 1 spiro atoms. The molecule has 162 valence electrons. The third-order valence-electron chi connectivity index (χ3n) is 5.57. The van der Waals surface area contributed by atoms with E-state index in [9.17, 15) is 9.90 Å². The smallest absolute Gasteiger partial charge is 0.290 e. The molecule has 0 aromatic carbocycles. The molecule has 0 saturated carbocycles. The fourth-order valence-corrected chi connectivity index (χ4v) is 4.24. The van der Waals surface area contributed by atoms with Crippen LogP contribution in [0.4, 0.5) is 0 Å². The molecule has 2 fully saturated rings. The van der Waals surface area contributed by atoms with Gasteiger partial charge in [0.05, 0.1) is 34.4 Å². The summed E-state index contributed by atoms with van der Waals surface area (Å²) >= 11 is 5.90. The topological polar surface area (TPSA) is 112 Å². The molecule has 3 heterocycles. The fourth-order valence-electron chi connectivity index (χ4n) is 4.06. The van der Waals surface area contributed by atoms with Crippen molar-refractivity contribution in [1.82, 2.24) is 15.2 Å². The largest absolute Gasteiger partial charge is 0.483 e. The number of rotatable bonds is 4. The van der Waals surface area contributed by atoms with Gasteiger partial charge in [0.2, 0.25) is 0 Å². The van der Waals surface area contributed by atoms with E-state index in [0.29, 0.717) is 23.6 Å². The van der Waals surface area contributed by atoms with E-state index in [1.165, 1.54) is 12.4 Å². The molecule has 0 radical (unpaired) electrons. The molecule has 2 aliphatic heterocycles. The number of piperidine rings is 1. The van der Waals surface area contributed by atoms with Crippen LogP contribution in [0.25, 0.3) is 0 Å². The Kier molecular flexibility index (Phi) is 8.39. The Morgan fingerprint density at radius 1 is 1.45 bits per heavy atom. The number of carboxylic acid groups (broad SMARTS) is 1. The number of ether oxygens (including phenoxy) is 1. The molecule has 2 saturated heterocycles. The molecule has 8 nitrogen and oxygen atoms in total. The van der Waals surface area contributed by atoms with Gasteiger partial charge in [-0.2, -0.15) is 0 Å². The van der Waals surface area contributed by atoms with Crippen LogP contribution in [0.15, 0.2) is 18.5 Å². The van der Waals surface area contributed by atoms with Crippen LogP contribution >= 0.6 is 11.6 Å². The summed E-state index contributed by atoms with van der Waals surface area (Å²) in [5.41, 5.74) is -0.930. The molecule has 9 heteroatoms. The van der Waals surface area contributed by atoms with Crippen LogP contribution in [0, 0.1) is 0 Å². The lowest BCUT2D eigenvalue weighted by atomic mass is 9.75. The number of aliphatic hydroxyl groups is 1. The van der Waals surface area contributed by atoms with Crippen molar-refractivity contribution >= 4 is 24.0 Å². The van der Waals surface area contributed by atoms with Gasteiger partial charge < -0.3 is 25.2 Å². The Bertz CT molecular complexity index is 692. The Hall–Kier alpha value is -1.74. The number of aromatic nitrogens is 1. The summed E-state index contributed by atoms with van der Waals surface area (Å²) in [6.07, 6.45) is 6.46. The maximum Gasteiger partial charge on any atom is 0.290 e. The zero-order chi connectivity index (χ0) is 21.5. The van der Waals surface area contributed by atoms with Gasteiger partial charge in [-0.1, -0.05) is 18.5 Å². The van der Waals surface area contributed by atoms with Crippen LogP contribution in [-0.2, 0) is 9.53 Å². The second-order valence-electron chi connectivity index (χ2n) is 7.89. The highest BCUT2D eigenvalue weighted by Gasteiger charge is 2.49. The Labute approximate surface area is 176 Å². The molecule has 1 aromatic rings. The van der Waals surface area contributed by atoms with E-state index in [-0.39, 0.29) is 18.0 Å². The summed E-state index contributed by atoms with van der Waals surface area (Å²) in [7, 11) is 0. The van der Waals surface area contributed by atoms with Crippen LogP contribution in [-0.4, -0.2) is 76.0 Å². The fraction of sp³-hybridized carbons (Fsp3) is 0.650. The van der Waals surface area contributed by atoms with E-state index in [1.54, 1.807) is 13.0 Å². The average Bonchev–Trinajstić information content (AvgIpc) is 2.66. The maximum atomic E-state index is 12.5. The van der Waals surface area contributed by atoms with E-state index >= 15 is 0 Å². The number of hydrogen-bond acceptors (Lipinski definition) is 6. The highest BCUT2D eigenvalue weighted by atomic mass is 35.5. The summed E-state index contributed by atoms with van der Waals surface area (Å²) in [5.74, 6) is -0.303. The van der Waals surface area contributed by atoms with E-state index < -0.39 is 11.6 Å². The zero-order valence-corrected chi connectivity index (χ0v) is 17.7. The minimum Gasteiger partial charge on any atom is -0.483 e. The van der Waals surface area contributed by atoms with Crippen molar-refractivity contribution in [1.29, 1.82) is 0 Å². The first-order valence-electron chi connectivity index (χ1n) is 9.83. The minimum atomic E-state index is -1.02. The number of amides is 1. The monoisotopic (exact) mass is 427 g/mol. The third kappa shape index (κ3) is 6.37. The maximum absolute atomic E-state index is 12.5. The Morgan fingerprint density at radius 3 is 2.66 bits per heavy atom. The molecular weight excluding hydrogens is 398 g/mol. The first kappa shape index (κ1) is 23.5. The lowest BCUT2D eigenvalue weighted by Gasteiger charge is -2.51. The van der Waals surface area contributed by atoms with Crippen molar-refractivity contribution in [3.05, 3.63) is 29.0 Å². The zero-order valence-electron chi connectivity index (χ0n) is 16.9. The molecule has 1 aromatic heterocycles. The summed E-state index contributed by atoms with van der Waals surface area (Å²) in [5, 5.41) is 21.2. The molecule has 29 heavy (non-hydrogen) atoms. The lowest BCUT2D eigenvalue weighted by molar-refractivity contribution is -0.186. The van der Waals surface area contributed by atoms with Gasteiger partial charge >= 0.3 is 0 Å². The standard InChI is InChI=1S/C19H28ClN3O3.CH2O2/c1-3-6-23-7-4-19(5-8-23)13-18(2,25)16(12-26-19)22-17(24)14-9-15(20)11-21-10-14;2-1-3/h9-11,16,25H,3-8,12-13H2,1-2H3,(H,22,24);1H,(H,2,3)/t16-,18-;/m0./s1. The predicted molar refractivity (Wildman–Crippen MR) is 109 cm³/mol. The molecule has 0 aliphatic carbocycles. The van der Waals surface area contributed by atoms with E-state index in [1.807, 2.05) is 0 Å². The van der Waals surface area contributed by atoms with Gasteiger partial charge in [0.15, 0.2) is 0 Å². The molecule has 2 aliphatic rings. The number of pyridine rings is 1. The van der Waals surface area contributed by atoms with Gasteiger partial charge in [0.25, 0.3) is 12.4 Å². The van der Waals surface area contributed by atoms with Crippen LogP contribution in [0.2, 0.25) is 5.02 Å². The quantitative estimate of drug-likeness (QED) is 0.629. The number of hydrogen-bond donors (Lipinski definition) is 3. The predicted octanol–water partition coefficient (Wildman–Crippen LogP) is 1.95. The van der Waals surface area contributed by atoms with E-state index in [4.69, 9.17) is 26.2 Å². The highest BCUT2D eigenvalue weighted by molar-refractivity contribution is 6.30. The second kappa shape index (κ2) is 10.3. The van der Waals surface area contributed by atoms with Crippen LogP contribution in [0.3, 0.4) is 0 Å². The van der Waals surface area contributed by atoms with Crippen molar-refractivity contribution < 1.29 is 24.5 Å². The third-order valence-corrected chi connectivity index (χ3v) is 5.77. The van der Waals surface area contributed by atoms with Crippen LogP contribution < -0.4 is 5.32 Å². The highest BCUT2D eigenvalue weighted by Crippen LogP contribution is 2.39. The normalized spacial score (nSPS) is 26.3. The number of likely N-dealkylation sites (tertiary alicyclic amines) is 1. The number of carbonyl (C=O) groups is 2. The van der Waals surface area contributed by atoms with Crippen molar-refractivity contribution in [3.8, 4) is 0 Å². The lowest BCUT2D eigenvalue weighted by Crippen LogP contribution is -2.63. The van der Waals surface area contributed by atoms with Crippen LogP contribution in [0.1, 0.15) is 49.9 Å². The SMILES string of the molecule is CCCN1CCC2(CC1)C[C@](C)(O)[C@@H](NC(=O)c1cncc(Cl)c1)CO2.O=CO. The molecule has 0 unspecified atom stereocenters. The van der Waals surface area contributed by atoms with Gasteiger partial charge in [-0.25, -0.2) is 0 Å². The van der Waals surface area contributed by atoms with Gasteiger partial charge in [-0.15, -0.1) is 0 Å². The number of halogens is 1.